The molecule has 5 nitrogen and oxygen atoms in total. The summed E-state index contributed by atoms with van der Waals surface area (Å²) in [4.78, 5) is 3.94. The molecule has 0 aliphatic carbocycles. The molecule has 0 saturated carbocycles. The van der Waals surface area contributed by atoms with Crippen LogP contribution in [0.1, 0.15) is 13.8 Å². The first-order chi connectivity index (χ1) is 6.41. The largest absolute Gasteiger partial charge is 0.367 e. The fourth-order valence-electron chi connectivity index (χ4n) is 1.00. The van der Waals surface area contributed by atoms with Crippen LogP contribution in [0, 0.1) is 0 Å². The number of sulfonamides is 1. The Bertz CT molecular complexity index is 414. The summed E-state index contributed by atoms with van der Waals surface area (Å²) in [6.07, 6.45) is 1.51. The number of rotatable bonds is 3. The van der Waals surface area contributed by atoms with Crippen molar-refractivity contribution in [3.63, 3.8) is 0 Å². The topological polar surface area (TPSA) is 85.1 Å². The van der Waals surface area contributed by atoms with Gasteiger partial charge in [-0.25, -0.2) is 18.5 Å². The zero-order valence-electron chi connectivity index (χ0n) is 8.06. The van der Waals surface area contributed by atoms with Gasteiger partial charge in [-0.1, -0.05) is 0 Å². The molecule has 0 bridgehead atoms. The number of pyridine rings is 1. The Balaban J connectivity index is 3.17. The summed E-state index contributed by atoms with van der Waals surface area (Å²) in [5, 5.41) is 7.94. The van der Waals surface area contributed by atoms with Crippen LogP contribution in [0.5, 0.6) is 0 Å². The minimum Gasteiger partial charge on any atom is -0.367 e. The molecule has 0 saturated heterocycles. The Morgan fingerprint density at radius 2 is 2.14 bits per heavy atom. The maximum absolute atomic E-state index is 11.1. The molecule has 0 aliphatic rings. The van der Waals surface area contributed by atoms with Crippen LogP contribution >= 0.6 is 0 Å². The van der Waals surface area contributed by atoms with Crippen molar-refractivity contribution in [1.82, 2.24) is 4.98 Å². The molecule has 1 aromatic heterocycles. The van der Waals surface area contributed by atoms with E-state index >= 15 is 0 Å². The Morgan fingerprint density at radius 3 is 2.64 bits per heavy atom. The maximum Gasteiger partial charge on any atom is 0.241 e. The fraction of sp³-hybridized carbons (Fsp3) is 0.375. The number of anilines is 1. The SMILES string of the molecule is CC(C)Nc1ncccc1S(N)(=O)=O. The fourth-order valence-corrected chi connectivity index (χ4v) is 1.65. The van der Waals surface area contributed by atoms with Crippen molar-refractivity contribution in [2.75, 3.05) is 5.32 Å². The van der Waals surface area contributed by atoms with E-state index in [0.717, 1.165) is 0 Å². The molecule has 0 amide bonds. The zero-order chi connectivity index (χ0) is 10.8. The van der Waals surface area contributed by atoms with Crippen LogP contribution in [-0.4, -0.2) is 19.4 Å². The molecule has 78 valence electrons. The van der Waals surface area contributed by atoms with Crippen molar-refractivity contribution < 1.29 is 8.42 Å². The smallest absolute Gasteiger partial charge is 0.241 e. The van der Waals surface area contributed by atoms with Crippen molar-refractivity contribution in [3.8, 4) is 0 Å². The van der Waals surface area contributed by atoms with Gasteiger partial charge in [0.1, 0.15) is 10.7 Å². The molecule has 1 heterocycles. The maximum atomic E-state index is 11.1. The third-order valence-electron chi connectivity index (χ3n) is 1.50. The number of aromatic nitrogens is 1. The van der Waals surface area contributed by atoms with Gasteiger partial charge in [0.2, 0.25) is 10.0 Å². The summed E-state index contributed by atoms with van der Waals surface area (Å²) < 4.78 is 22.3. The van der Waals surface area contributed by atoms with Crippen LogP contribution in [0.4, 0.5) is 5.82 Å². The highest BCUT2D eigenvalue weighted by atomic mass is 32.2. The van der Waals surface area contributed by atoms with Gasteiger partial charge in [0.15, 0.2) is 0 Å². The average molecular weight is 215 g/mol. The van der Waals surface area contributed by atoms with Crippen molar-refractivity contribution in [2.24, 2.45) is 5.14 Å². The molecule has 1 rings (SSSR count). The molecule has 6 heteroatoms. The number of primary sulfonamides is 1. The Morgan fingerprint density at radius 1 is 1.50 bits per heavy atom. The summed E-state index contributed by atoms with van der Waals surface area (Å²) in [5.74, 6) is 0.296. The number of nitrogens with one attached hydrogen (secondary N) is 1. The molecular formula is C8H13N3O2S. The molecule has 0 radical (unpaired) electrons. The van der Waals surface area contributed by atoms with Crippen molar-refractivity contribution in [3.05, 3.63) is 18.3 Å². The molecular weight excluding hydrogens is 202 g/mol. The lowest BCUT2D eigenvalue weighted by Crippen LogP contribution is -2.18. The third kappa shape index (κ3) is 2.68. The van der Waals surface area contributed by atoms with E-state index in [-0.39, 0.29) is 10.9 Å². The monoisotopic (exact) mass is 215 g/mol. The summed E-state index contributed by atoms with van der Waals surface area (Å²) in [5.41, 5.74) is 0. The highest BCUT2D eigenvalue weighted by molar-refractivity contribution is 7.89. The second-order valence-electron chi connectivity index (χ2n) is 3.19. The highest BCUT2D eigenvalue weighted by Crippen LogP contribution is 2.16. The minimum absolute atomic E-state index is 0.0219. The van der Waals surface area contributed by atoms with Crippen molar-refractivity contribution >= 4 is 15.8 Å². The van der Waals surface area contributed by atoms with E-state index in [2.05, 4.69) is 10.3 Å². The van der Waals surface area contributed by atoms with Gasteiger partial charge in [-0.15, -0.1) is 0 Å². The van der Waals surface area contributed by atoms with Crippen molar-refractivity contribution in [1.29, 1.82) is 0 Å². The summed E-state index contributed by atoms with van der Waals surface area (Å²) >= 11 is 0. The van der Waals surface area contributed by atoms with Gasteiger partial charge >= 0.3 is 0 Å². The van der Waals surface area contributed by atoms with E-state index in [1.54, 1.807) is 0 Å². The van der Waals surface area contributed by atoms with Crippen LogP contribution in [-0.2, 0) is 10.0 Å². The van der Waals surface area contributed by atoms with E-state index in [1.165, 1.54) is 18.3 Å². The predicted octanol–water partition coefficient (Wildman–Crippen LogP) is 0.549. The summed E-state index contributed by atoms with van der Waals surface area (Å²) in [7, 11) is -3.70. The third-order valence-corrected chi connectivity index (χ3v) is 2.45. The average Bonchev–Trinajstić information content (AvgIpc) is 2.01. The molecule has 0 aliphatic heterocycles. The predicted molar refractivity (Wildman–Crippen MR) is 54.4 cm³/mol. The first kappa shape index (κ1) is 10.9. The molecule has 3 N–H and O–H groups in total. The van der Waals surface area contributed by atoms with Gasteiger partial charge in [-0.05, 0) is 26.0 Å². The molecule has 0 unspecified atom stereocenters. The zero-order valence-corrected chi connectivity index (χ0v) is 8.88. The first-order valence-electron chi connectivity index (χ1n) is 4.15. The molecule has 0 fully saturated rings. The number of nitrogens with two attached hydrogens (primary N) is 1. The lowest BCUT2D eigenvalue weighted by Gasteiger charge is -2.11. The molecule has 14 heavy (non-hydrogen) atoms. The summed E-state index contributed by atoms with van der Waals surface area (Å²) in [6.45, 7) is 3.78. The molecule has 0 spiro atoms. The standard InChI is InChI=1S/C8H13N3O2S/c1-6(2)11-8-7(14(9,12)13)4-3-5-10-8/h3-6H,1-2H3,(H,10,11)(H2,9,12,13). The van der Waals surface area contributed by atoms with E-state index in [1.807, 2.05) is 13.8 Å². The Kier molecular flexibility index (Phi) is 3.07. The second-order valence-corrected chi connectivity index (χ2v) is 4.72. The molecule has 1 aromatic rings. The quantitative estimate of drug-likeness (QED) is 0.771. The molecule has 0 aromatic carbocycles. The first-order valence-corrected chi connectivity index (χ1v) is 5.70. The lowest BCUT2D eigenvalue weighted by atomic mass is 10.4. The van der Waals surface area contributed by atoms with Crippen LogP contribution in [0.25, 0.3) is 0 Å². The van der Waals surface area contributed by atoms with Crippen molar-refractivity contribution in [2.45, 2.75) is 24.8 Å². The van der Waals surface area contributed by atoms with Crippen LogP contribution < -0.4 is 10.5 Å². The van der Waals surface area contributed by atoms with Gasteiger partial charge in [0, 0.05) is 12.2 Å². The number of hydrogen-bond donors (Lipinski definition) is 2. The van der Waals surface area contributed by atoms with E-state index in [4.69, 9.17) is 5.14 Å². The Hall–Kier alpha value is -1.14. The molecule has 0 atom stereocenters. The van der Waals surface area contributed by atoms with Gasteiger partial charge in [0.05, 0.1) is 0 Å². The van der Waals surface area contributed by atoms with E-state index in [9.17, 15) is 8.42 Å². The summed E-state index contributed by atoms with van der Waals surface area (Å²) in [6, 6.07) is 3.06. The normalized spacial score (nSPS) is 11.7. The van der Waals surface area contributed by atoms with E-state index < -0.39 is 10.0 Å². The van der Waals surface area contributed by atoms with Crippen LogP contribution in [0.3, 0.4) is 0 Å². The van der Waals surface area contributed by atoms with Crippen LogP contribution in [0.2, 0.25) is 0 Å². The van der Waals surface area contributed by atoms with Gasteiger partial charge < -0.3 is 5.32 Å². The number of nitrogens with zero attached hydrogens (tertiary/aromatic N) is 1. The van der Waals surface area contributed by atoms with Gasteiger partial charge in [-0.2, -0.15) is 0 Å². The second kappa shape index (κ2) is 3.93. The van der Waals surface area contributed by atoms with E-state index in [0.29, 0.717) is 5.82 Å². The highest BCUT2D eigenvalue weighted by Gasteiger charge is 2.14. The van der Waals surface area contributed by atoms with Gasteiger partial charge in [-0.3, -0.25) is 0 Å². The minimum atomic E-state index is -3.70. The lowest BCUT2D eigenvalue weighted by molar-refractivity contribution is 0.597. The van der Waals surface area contributed by atoms with Crippen LogP contribution in [0.15, 0.2) is 23.2 Å². The van der Waals surface area contributed by atoms with Gasteiger partial charge in [0.25, 0.3) is 0 Å². The Labute approximate surface area is 83.4 Å². The number of hydrogen-bond acceptors (Lipinski definition) is 4.